The van der Waals surface area contributed by atoms with Crippen molar-refractivity contribution in [3.8, 4) is 0 Å². The van der Waals surface area contributed by atoms with Gasteiger partial charge in [0.2, 0.25) is 0 Å². The minimum Gasteiger partial charge on any atom is -0.322 e. The highest BCUT2D eigenvalue weighted by molar-refractivity contribution is 7.80. The van der Waals surface area contributed by atoms with Gasteiger partial charge < -0.3 is 5.32 Å². The van der Waals surface area contributed by atoms with Gasteiger partial charge in [-0.05, 0) is 67.1 Å². The van der Waals surface area contributed by atoms with Crippen LogP contribution >= 0.6 is 12.6 Å². The summed E-state index contributed by atoms with van der Waals surface area (Å²) in [6.07, 6.45) is 4.62. The maximum atomic E-state index is 12.3. The first-order chi connectivity index (χ1) is 9.74. The van der Waals surface area contributed by atoms with E-state index in [9.17, 15) is 4.79 Å². The van der Waals surface area contributed by atoms with Gasteiger partial charge in [0.15, 0.2) is 0 Å². The Hall–Kier alpha value is -1.74. The molecule has 0 atom stereocenters. The Labute approximate surface area is 124 Å². The largest absolute Gasteiger partial charge is 0.322 e. The number of hydrogen-bond acceptors (Lipinski definition) is 2. The molecule has 0 spiro atoms. The molecule has 102 valence electrons. The average molecular weight is 283 g/mol. The van der Waals surface area contributed by atoms with Gasteiger partial charge in [-0.15, -0.1) is 12.6 Å². The van der Waals surface area contributed by atoms with Crippen molar-refractivity contribution in [3.05, 3.63) is 59.2 Å². The minimum atomic E-state index is -0.0580. The van der Waals surface area contributed by atoms with Crippen LogP contribution in [-0.4, -0.2) is 5.91 Å². The quantitative estimate of drug-likeness (QED) is 0.798. The van der Waals surface area contributed by atoms with Crippen molar-refractivity contribution in [2.24, 2.45) is 0 Å². The number of fused-ring (bicyclic) bond motifs is 1. The van der Waals surface area contributed by atoms with Crippen LogP contribution in [0.1, 0.15) is 34.3 Å². The summed E-state index contributed by atoms with van der Waals surface area (Å²) < 4.78 is 0. The first-order valence-electron chi connectivity index (χ1n) is 6.95. The Bertz CT molecular complexity index is 634. The summed E-state index contributed by atoms with van der Waals surface area (Å²) in [5.74, 6) is -0.0580. The molecule has 0 bridgehead atoms. The molecule has 2 aromatic carbocycles. The summed E-state index contributed by atoms with van der Waals surface area (Å²) >= 11 is 4.23. The highest BCUT2D eigenvalue weighted by atomic mass is 32.1. The molecular weight excluding hydrogens is 266 g/mol. The van der Waals surface area contributed by atoms with Crippen molar-refractivity contribution in [1.82, 2.24) is 0 Å². The van der Waals surface area contributed by atoms with Gasteiger partial charge in [-0.25, -0.2) is 0 Å². The molecule has 0 heterocycles. The Kier molecular flexibility index (Phi) is 3.79. The molecule has 1 aliphatic carbocycles. The third kappa shape index (κ3) is 2.73. The Morgan fingerprint density at radius 1 is 1.00 bits per heavy atom. The topological polar surface area (TPSA) is 29.1 Å². The van der Waals surface area contributed by atoms with Gasteiger partial charge in [0, 0.05) is 16.1 Å². The molecule has 2 aromatic rings. The lowest BCUT2D eigenvalue weighted by Crippen LogP contribution is -2.15. The second-order valence-corrected chi connectivity index (χ2v) is 5.67. The summed E-state index contributed by atoms with van der Waals surface area (Å²) in [4.78, 5) is 13.1. The fourth-order valence-corrected chi connectivity index (χ4v) is 2.85. The summed E-state index contributed by atoms with van der Waals surface area (Å²) in [6, 6.07) is 13.4. The molecule has 1 aliphatic rings. The van der Waals surface area contributed by atoms with E-state index >= 15 is 0 Å². The number of thiol groups is 1. The molecule has 0 unspecified atom stereocenters. The lowest BCUT2D eigenvalue weighted by atomic mass is 9.90. The highest BCUT2D eigenvalue weighted by Gasteiger charge is 2.14. The molecule has 1 N–H and O–H groups in total. The average Bonchev–Trinajstić information content (AvgIpc) is 2.48. The van der Waals surface area contributed by atoms with Gasteiger partial charge in [0.1, 0.15) is 0 Å². The molecule has 0 aliphatic heterocycles. The van der Waals surface area contributed by atoms with E-state index in [0.717, 1.165) is 23.4 Å². The van der Waals surface area contributed by atoms with Crippen molar-refractivity contribution in [3.63, 3.8) is 0 Å². The summed E-state index contributed by atoms with van der Waals surface area (Å²) in [5.41, 5.74) is 4.30. The second-order valence-electron chi connectivity index (χ2n) is 5.15. The molecule has 0 saturated heterocycles. The van der Waals surface area contributed by atoms with Crippen molar-refractivity contribution in [2.75, 3.05) is 5.32 Å². The fourth-order valence-electron chi connectivity index (χ4n) is 2.71. The number of benzene rings is 2. The van der Waals surface area contributed by atoms with E-state index in [1.807, 2.05) is 24.3 Å². The maximum Gasteiger partial charge on any atom is 0.255 e. The zero-order valence-corrected chi connectivity index (χ0v) is 12.1. The number of hydrogen-bond donors (Lipinski definition) is 2. The Morgan fingerprint density at radius 3 is 2.55 bits per heavy atom. The SMILES string of the molecule is O=C(Nc1cccc2c1CCCC2)c1ccc(S)cc1. The van der Waals surface area contributed by atoms with Crippen LogP contribution in [0.15, 0.2) is 47.4 Å². The summed E-state index contributed by atoms with van der Waals surface area (Å²) in [5, 5.41) is 3.04. The predicted octanol–water partition coefficient (Wildman–Crippen LogP) is 4.11. The van der Waals surface area contributed by atoms with Crippen LogP contribution in [0.5, 0.6) is 0 Å². The molecule has 2 nitrogen and oxygen atoms in total. The summed E-state index contributed by atoms with van der Waals surface area (Å²) in [6.45, 7) is 0. The molecule has 3 heteroatoms. The number of rotatable bonds is 2. The molecule has 0 aromatic heterocycles. The van der Waals surface area contributed by atoms with E-state index in [2.05, 4.69) is 24.0 Å². The molecular formula is C17H17NOS. The van der Waals surface area contributed by atoms with Crippen molar-refractivity contribution >= 4 is 24.2 Å². The van der Waals surface area contributed by atoms with Gasteiger partial charge in [-0.3, -0.25) is 4.79 Å². The smallest absolute Gasteiger partial charge is 0.255 e. The number of aryl methyl sites for hydroxylation is 1. The lowest BCUT2D eigenvalue weighted by molar-refractivity contribution is 0.102. The Balaban J connectivity index is 1.84. The van der Waals surface area contributed by atoms with E-state index in [-0.39, 0.29) is 5.91 Å². The van der Waals surface area contributed by atoms with Gasteiger partial charge in [0.05, 0.1) is 0 Å². The highest BCUT2D eigenvalue weighted by Crippen LogP contribution is 2.28. The van der Waals surface area contributed by atoms with Crippen LogP contribution in [0.25, 0.3) is 0 Å². The normalized spacial score (nSPS) is 13.7. The third-order valence-electron chi connectivity index (χ3n) is 3.77. The predicted molar refractivity (Wildman–Crippen MR) is 84.7 cm³/mol. The van der Waals surface area contributed by atoms with Crippen molar-refractivity contribution in [2.45, 2.75) is 30.6 Å². The molecule has 0 saturated carbocycles. The van der Waals surface area contributed by atoms with E-state index in [1.54, 1.807) is 12.1 Å². The van der Waals surface area contributed by atoms with Crippen LogP contribution in [0.3, 0.4) is 0 Å². The molecule has 1 amide bonds. The minimum absolute atomic E-state index is 0.0580. The van der Waals surface area contributed by atoms with E-state index in [4.69, 9.17) is 0 Å². The number of carbonyl (C=O) groups excluding carboxylic acids is 1. The number of amides is 1. The van der Waals surface area contributed by atoms with Crippen LogP contribution in [0.4, 0.5) is 5.69 Å². The number of nitrogens with one attached hydrogen (secondary N) is 1. The van der Waals surface area contributed by atoms with Crippen LogP contribution in [0, 0.1) is 0 Å². The molecule has 3 rings (SSSR count). The fraction of sp³-hybridized carbons (Fsp3) is 0.235. The molecule has 20 heavy (non-hydrogen) atoms. The zero-order valence-electron chi connectivity index (χ0n) is 11.2. The monoisotopic (exact) mass is 283 g/mol. The lowest BCUT2D eigenvalue weighted by Gasteiger charge is -2.19. The maximum absolute atomic E-state index is 12.3. The van der Waals surface area contributed by atoms with Gasteiger partial charge in [0.25, 0.3) is 5.91 Å². The number of carbonyl (C=O) groups is 1. The first-order valence-corrected chi connectivity index (χ1v) is 7.40. The molecule has 0 radical (unpaired) electrons. The second kappa shape index (κ2) is 5.71. The van der Waals surface area contributed by atoms with Gasteiger partial charge >= 0.3 is 0 Å². The van der Waals surface area contributed by atoms with Crippen LogP contribution in [-0.2, 0) is 12.8 Å². The van der Waals surface area contributed by atoms with Gasteiger partial charge in [-0.1, -0.05) is 12.1 Å². The van der Waals surface area contributed by atoms with E-state index in [0.29, 0.717) is 5.56 Å². The number of anilines is 1. The van der Waals surface area contributed by atoms with Crippen molar-refractivity contribution < 1.29 is 4.79 Å². The van der Waals surface area contributed by atoms with E-state index < -0.39 is 0 Å². The standard InChI is InChI=1S/C17H17NOS/c19-17(13-8-10-14(20)11-9-13)18-16-7-3-5-12-4-1-2-6-15(12)16/h3,5,7-11,20H,1-2,4,6H2,(H,18,19). The first kappa shape index (κ1) is 13.3. The van der Waals surface area contributed by atoms with Crippen LogP contribution in [0.2, 0.25) is 0 Å². The molecule has 0 fully saturated rings. The summed E-state index contributed by atoms with van der Waals surface area (Å²) in [7, 11) is 0. The third-order valence-corrected chi connectivity index (χ3v) is 4.07. The Morgan fingerprint density at radius 2 is 1.75 bits per heavy atom. The van der Waals surface area contributed by atoms with Gasteiger partial charge in [-0.2, -0.15) is 0 Å². The van der Waals surface area contributed by atoms with Crippen molar-refractivity contribution in [1.29, 1.82) is 0 Å². The van der Waals surface area contributed by atoms with E-state index in [1.165, 1.54) is 24.0 Å². The van der Waals surface area contributed by atoms with Crippen LogP contribution < -0.4 is 5.32 Å². The zero-order chi connectivity index (χ0) is 13.9.